The van der Waals surface area contributed by atoms with E-state index in [1.807, 2.05) is 13.0 Å². The molecule has 90 valence electrons. The van der Waals surface area contributed by atoms with Crippen molar-refractivity contribution in [1.82, 2.24) is 0 Å². The highest BCUT2D eigenvalue weighted by atomic mass is 32.2. The molecule has 1 atom stereocenters. The zero-order chi connectivity index (χ0) is 12.7. The lowest BCUT2D eigenvalue weighted by Crippen LogP contribution is -1.74. The van der Waals surface area contributed by atoms with Crippen LogP contribution in [-0.2, 0) is 0 Å². The normalized spacial score (nSPS) is 12.1. The van der Waals surface area contributed by atoms with Crippen LogP contribution < -0.4 is 0 Å². The van der Waals surface area contributed by atoms with Gasteiger partial charge in [-0.1, -0.05) is 0 Å². The monoisotopic (exact) mass is 261 g/mol. The van der Waals surface area contributed by atoms with Gasteiger partial charge in [-0.25, -0.2) is 8.78 Å². The van der Waals surface area contributed by atoms with Crippen LogP contribution >= 0.6 is 10.5 Å². The number of aryl methyl sites for hydroxylation is 1. The second-order valence-electron chi connectivity index (χ2n) is 4.23. The van der Waals surface area contributed by atoms with Crippen molar-refractivity contribution in [3.05, 3.63) is 65.0 Å². The second-order valence-corrected chi connectivity index (χ2v) is 6.06. The predicted octanol–water partition coefficient (Wildman–Crippen LogP) is 5.16. The number of rotatable bonds is 1. The highest BCUT2D eigenvalue weighted by molar-refractivity contribution is 7.43. The van der Waals surface area contributed by atoms with E-state index >= 15 is 0 Å². The van der Waals surface area contributed by atoms with Gasteiger partial charge in [-0.15, -0.1) is 0 Å². The zero-order valence-electron chi connectivity index (χ0n) is 9.78. The average Bonchev–Trinajstić information content (AvgIpc) is 2.68. The Morgan fingerprint density at radius 2 is 1.56 bits per heavy atom. The van der Waals surface area contributed by atoms with Crippen LogP contribution in [0.15, 0.2) is 47.8 Å². The van der Waals surface area contributed by atoms with Crippen LogP contribution in [0.25, 0.3) is 15.0 Å². The first-order valence-corrected chi connectivity index (χ1v) is 6.91. The molecule has 2 aromatic carbocycles. The van der Waals surface area contributed by atoms with Gasteiger partial charge in [0.15, 0.2) is 9.60 Å². The van der Waals surface area contributed by atoms with E-state index in [0.717, 1.165) is 20.5 Å². The van der Waals surface area contributed by atoms with E-state index in [2.05, 4.69) is 5.38 Å². The average molecular weight is 261 g/mol. The summed E-state index contributed by atoms with van der Waals surface area (Å²) in [6.45, 7) is 1.98. The van der Waals surface area contributed by atoms with Crippen LogP contribution in [0.4, 0.5) is 8.78 Å². The summed E-state index contributed by atoms with van der Waals surface area (Å²) in [5.41, 5.74) is 1.08. The van der Waals surface area contributed by atoms with Crippen LogP contribution in [0.3, 0.4) is 0 Å². The van der Waals surface area contributed by atoms with E-state index < -0.39 is 0 Å². The van der Waals surface area contributed by atoms with Crippen molar-refractivity contribution in [3.63, 3.8) is 0 Å². The topological polar surface area (TPSA) is 0 Å². The summed E-state index contributed by atoms with van der Waals surface area (Å²) in [5.74, 6) is -0.451. The molecule has 0 amide bonds. The van der Waals surface area contributed by atoms with E-state index in [1.54, 1.807) is 18.2 Å². The summed E-state index contributed by atoms with van der Waals surface area (Å²) in [6.07, 6.45) is 0. The van der Waals surface area contributed by atoms with Crippen LogP contribution in [0.2, 0.25) is 0 Å². The minimum Gasteiger partial charge on any atom is -0.207 e. The van der Waals surface area contributed by atoms with Crippen LogP contribution in [-0.4, -0.2) is 0 Å². The minimum atomic E-state index is -0.235. The number of thiophene rings is 1. The van der Waals surface area contributed by atoms with Crippen LogP contribution in [0, 0.1) is 18.6 Å². The standard InChI is InChI=1S/C15H11F2S/c1-10-9-18(13-5-2-11(16)3-6-13)15-7-4-12(17)8-14(10)15/h2-9H,1H3/q+1. The summed E-state index contributed by atoms with van der Waals surface area (Å²) >= 11 is 0. The van der Waals surface area contributed by atoms with Crippen molar-refractivity contribution in [1.29, 1.82) is 0 Å². The van der Waals surface area contributed by atoms with Crippen molar-refractivity contribution in [3.8, 4) is 4.90 Å². The summed E-state index contributed by atoms with van der Waals surface area (Å²) in [6, 6.07) is 11.4. The van der Waals surface area contributed by atoms with Gasteiger partial charge in [0, 0.05) is 39.6 Å². The molecular weight excluding hydrogens is 250 g/mol. The van der Waals surface area contributed by atoms with Crippen molar-refractivity contribution < 1.29 is 8.78 Å². The maximum Gasteiger partial charge on any atom is 0.186 e. The van der Waals surface area contributed by atoms with E-state index in [9.17, 15) is 8.78 Å². The molecule has 0 N–H and O–H groups in total. The molecule has 1 aromatic heterocycles. The van der Waals surface area contributed by atoms with E-state index in [-0.39, 0.29) is 22.1 Å². The lowest BCUT2D eigenvalue weighted by atomic mass is 10.2. The van der Waals surface area contributed by atoms with Gasteiger partial charge >= 0.3 is 0 Å². The Morgan fingerprint density at radius 3 is 2.28 bits per heavy atom. The SMILES string of the molecule is Cc1c[s+](-c2ccc(F)cc2)c2ccc(F)cc12. The number of hydrogen-bond donors (Lipinski definition) is 0. The largest absolute Gasteiger partial charge is 0.207 e. The fraction of sp³-hybridized carbons (Fsp3) is 0.0667. The maximum absolute atomic E-state index is 13.2. The fourth-order valence-corrected chi connectivity index (χ4v) is 4.18. The summed E-state index contributed by atoms with van der Waals surface area (Å²) in [5, 5.41) is 3.08. The van der Waals surface area contributed by atoms with E-state index in [4.69, 9.17) is 0 Å². The first-order valence-electron chi connectivity index (χ1n) is 5.62. The van der Waals surface area contributed by atoms with Crippen molar-refractivity contribution in [2.45, 2.75) is 6.92 Å². The first-order chi connectivity index (χ1) is 8.65. The molecule has 3 heteroatoms. The molecule has 18 heavy (non-hydrogen) atoms. The molecule has 3 aromatic rings. The van der Waals surface area contributed by atoms with Gasteiger partial charge in [-0.3, -0.25) is 0 Å². The third-order valence-corrected chi connectivity index (χ3v) is 5.16. The Labute approximate surface area is 106 Å². The molecular formula is C15H11F2S+. The molecule has 0 aliphatic rings. The molecule has 0 fully saturated rings. The van der Waals surface area contributed by atoms with E-state index in [1.165, 1.54) is 18.2 Å². The molecule has 0 saturated carbocycles. The molecule has 0 bridgehead atoms. The zero-order valence-corrected chi connectivity index (χ0v) is 10.6. The number of fused-ring (bicyclic) bond motifs is 1. The lowest BCUT2D eigenvalue weighted by molar-refractivity contribution is 0.628. The molecule has 3 rings (SSSR count). The highest BCUT2D eigenvalue weighted by Gasteiger charge is 2.18. The smallest absolute Gasteiger partial charge is 0.186 e. The second kappa shape index (κ2) is 4.18. The summed E-state index contributed by atoms with van der Waals surface area (Å²) in [7, 11) is -0.208. The van der Waals surface area contributed by atoms with Gasteiger partial charge in [0.25, 0.3) is 0 Å². The molecule has 0 saturated heterocycles. The van der Waals surface area contributed by atoms with Gasteiger partial charge in [0.05, 0.1) is 0 Å². The molecule has 1 heterocycles. The quantitative estimate of drug-likeness (QED) is 0.530. The molecule has 0 spiro atoms. The van der Waals surface area contributed by atoms with E-state index in [0.29, 0.717) is 0 Å². The Balaban J connectivity index is 2.26. The first kappa shape index (κ1) is 11.4. The van der Waals surface area contributed by atoms with Crippen LogP contribution in [0.1, 0.15) is 5.56 Å². The maximum atomic E-state index is 13.2. The fourth-order valence-electron chi connectivity index (χ4n) is 2.08. The van der Waals surface area contributed by atoms with Crippen LogP contribution in [0.5, 0.6) is 0 Å². The highest BCUT2D eigenvalue weighted by Crippen LogP contribution is 2.41. The van der Waals surface area contributed by atoms with Gasteiger partial charge < -0.3 is 0 Å². The predicted molar refractivity (Wildman–Crippen MR) is 72.4 cm³/mol. The Hall–Kier alpha value is -1.74. The van der Waals surface area contributed by atoms with Crippen molar-refractivity contribution in [2.75, 3.05) is 0 Å². The third-order valence-electron chi connectivity index (χ3n) is 2.97. The molecule has 0 aliphatic carbocycles. The molecule has 0 radical (unpaired) electrons. The number of benzene rings is 2. The number of halogens is 2. The van der Waals surface area contributed by atoms with Crippen molar-refractivity contribution >= 4 is 20.6 Å². The number of hydrogen-bond acceptors (Lipinski definition) is 0. The molecule has 0 aliphatic heterocycles. The van der Waals surface area contributed by atoms with Gasteiger partial charge in [0.1, 0.15) is 17.0 Å². The van der Waals surface area contributed by atoms with Gasteiger partial charge in [0.2, 0.25) is 0 Å². The molecule has 1 unspecified atom stereocenters. The summed E-state index contributed by atoms with van der Waals surface area (Å²) in [4.78, 5) is 1.06. The van der Waals surface area contributed by atoms with Crippen molar-refractivity contribution in [2.24, 2.45) is 0 Å². The lowest BCUT2D eigenvalue weighted by Gasteiger charge is -1.92. The van der Waals surface area contributed by atoms with Gasteiger partial charge in [-0.05, 0) is 31.2 Å². The minimum absolute atomic E-state index is 0.208. The summed E-state index contributed by atoms with van der Waals surface area (Å²) < 4.78 is 27.3. The third kappa shape index (κ3) is 1.81. The Morgan fingerprint density at radius 1 is 0.889 bits per heavy atom. The Bertz CT molecular complexity index is 711. The Kier molecular flexibility index (Phi) is 2.63. The molecule has 0 nitrogen and oxygen atoms in total. The van der Waals surface area contributed by atoms with Gasteiger partial charge in [-0.2, -0.15) is 0 Å².